The van der Waals surface area contributed by atoms with Crippen molar-refractivity contribution in [3.63, 3.8) is 0 Å². The number of aliphatic hydroxyl groups excluding tert-OH is 1. The van der Waals surface area contributed by atoms with Crippen LogP contribution in [0.25, 0.3) is 0 Å². The number of carbonyl (C=O) groups excluding carboxylic acids is 2. The van der Waals surface area contributed by atoms with E-state index < -0.39 is 23.5 Å². The molecule has 3 heterocycles. The van der Waals surface area contributed by atoms with Gasteiger partial charge in [-0.2, -0.15) is 0 Å². The highest BCUT2D eigenvalue weighted by Gasteiger charge is 2.46. The normalized spacial score (nSPS) is 16.7. The fourth-order valence-electron chi connectivity index (χ4n) is 3.11. The van der Waals surface area contributed by atoms with Gasteiger partial charge in [0.05, 0.1) is 11.6 Å². The van der Waals surface area contributed by atoms with Crippen LogP contribution in [0.4, 0.5) is 5.95 Å². The number of ketones is 1. The van der Waals surface area contributed by atoms with E-state index in [4.69, 9.17) is 4.42 Å². The van der Waals surface area contributed by atoms with Gasteiger partial charge in [-0.1, -0.05) is 28.1 Å². The highest BCUT2D eigenvalue weighted by atomic mass is 79.9. The lowest BCUT2D eigenvalue weighted by Crippen LogP contribution is -2.32. The third-order valence-electron chi connectivity index (χ3n) is 4.37. The molecule has 0 aliphatic carbocycles. The Morgan fingerprint density at radius 3 is 2.43 bits per heavy atom. The van der Waals surface area contributed by atoms with Crippen LogP contribution < -0.4 is 4.90 Å². The van der Waals surface area contributed by atoms with Crippen LogP contribution in [0.5, 0.6) is 0 Å². The Balaban J connectivity index is 1.88. The molecule has 0 saturated carbocycles. The molecule has 0 unspecified atom stereocenters. The van der Waals surface area contributed by atoms with Crippen LogP contribution in [-0.2, 0) is 4.79 Å². The lowest BCUT2D eigenvalue weighted by molar-refractivity contribution is -0.117. The first-order valence-corrected chi connectivity index (χ1v) is 9.17. The number of aromatic nitrogens is 2. The van der Waals surface area contributed by atoms with Gasteiger partial charge in [-0.05, 0) is 42.8 Å². The Bertz CT molecular complexity index is 1090. The smallest absolute Gasteiger partial charge is 0.296 e. The van der Waals surface area contributed by atoms with Gasteiger partial charge in [0.1, 0.15) is 5.76 Å². The van der Waals surface area contributed by atoms with E-state index in [0.717, 1.165) is 4.47 Å². The molecule has 28 heavy (non-hydrogen) atoms. The summed E-state index contributed by atoms with van der Waals surface area (Å²) < 4.78 is 6.26. The zero-order valence-corrected chi connectivity index (χ0v) is 16.3. The average Bonchev–Trinajstić information content (AvgIpc) is 3.25. The maximum absolute atomic E-state index is 13.1. The molecule has 0 radical (unpaired) electrons. The molecule has 1 amide bonds. The molecule has 1 aliphatic heterocycles. The second kappa shape index (κ2) is 7.05. The number of halogens is 1. The van der Waals surface area contributed by atoms with Crippen LogP contribution in [0.2, 0.25) is 0 Å². The second-order valence-corrected chi connectivity index (χ2v) is 7.10. The highest BCUT2D eigenvalue weighted by molar-refractivity contribution is 9.10. The number of aliphatic hydroxyl groups is 1. The van der Waals surface area contributed by atoms with Gasteiger partial charge in [0.2, 0.25) is 11.7 Å². The Morgan fingerprint density at radius 2 is 1.82 bits per heavy atom. The number of carbonyl (C=O) groups is 2. The van der Waals surface area contributed by atoms with E-state index in [1.807, 2.05) is 0 Å². The minimum atomic E-state index is -0.888. The molecule has 2 aromatic heterocycles. The fraction of sp³-hybridized carbons (Fsp3) is 0.100. The van der Waals surface area contributed by atoms with Crippen molar-refractivity contribution >= 4 is 33.6 Å². The van der Waals surface area contributed by atoms with Gasteiger partial charge in [0.25, 0.3) is 5.91 Å². The molecule has 7 nitrogen and oxygen atoms in total. The SMILES string of the molecule is Cc1ccc(C(=O)C2=C(O)C(=O)N(c3ncccn3)[C@H]2c2ccc(Br)cc2)o1. The molecule has 1 aliphatic rings. The molecular formula is C20H14BrN3O4. The Morgan fingerprint density at radius 1 is 1.14 bits per heavy atom. The Hall–Kier alpha value is -3.26. The molecule has 140 valence electrons. The van der Waals surface area contributed by atoms with Crippen molar-refractivity contribution in [3.8, 4) is 0 Å². The maximum Gasteiger partial charge on any atom is 0.296 e. The van der Waals surface area contributed by atoms with E-state index in [9.17, 15) is 14.7 Å². The van der Waals surface area contributed by atoms with Crippen molar-refractivity contribution in [2.45, 2.75) is 13.0 Å². The molecule has 3 aromatic rings. The Kier molecular flexibility index (Phi) is 4.56. The van der Waals surface area contributed by atoms with E-state index in [1.54, 1.807) is 43.3 Å². The third-order valence-corrected chi connectivity index (χ3v) is 4.90. The van der Waals surface area contributed by atoms with Crippen LogP contribution in [0.1, 0.15) is 27.9 Å². The van der Waals surface area contributed by atoms with Gasteiger partial charge >= 0.3 is 0 Å². The number of benzene rings is 1. The number of nitrogens with zero attached hydrogens (tertiary/aromatic N) is 3. The van der Waals surface area contributed by atoms with E-state index >= 15 is 0 Å². The summed E-state index contributed by atoms with van der Waals surface area (Å²) in [5, 5.41) is 10.6. The molecule has 0 bridgehead atoms. The molecule has 4 rings (SSSR count). The zero-order valence-electron chi connectivity index (χ0n) is 14.7. The van der Waals surface area contributed by atoms with Gasteiger partial charge < -0.3 is 9.52 Å². The average molecular weight is 440 g/mol. The van der Waals surface area contributed by atoms with Gasteiger partial charge in [0, 0.05) is 16.9 Å². The standard InChI is InChI=1S/C20H14BrN3O4/c1-11-3-8-14(28-11)17(25)15-16(12-4-6-13(21)7-5-12)24(19(27)18(15)26)20-22-9-2-10-23-20/h2-10,16,26H,1H3/t16-/m0/s1. The largest absolute Gasteiger partial charge is 0.503 e. The molecule has 0 fully saturated rings. The van der Waals surface area contributed by atoms with Crippen molar-refractivity contribution < 1.29 is 19.1 Å². The molecule has 1 N–H and O–H groups in total. The first kappa shape index (κ1) is 18.1. The number of anilines is 1. The fourth-order valence-corrected chi connectivity index (χ4v) is 3.37. The summed E-state index contributed by atoms with van der Waals surface area (Å²) in [4.78, 5) is 35.4. The number of aryl methyl sites for hydroxylation is 1. The monoisotopic (exact) mass is 439 g/mol. The predicted octanol–water partition coefficient (Wildman–Crippen LogP) is 3.92. The highest BCUT2D eigenvalue weighted by Crippen LogP contribution is 2.41. The summed E-state index contributed by atoms with van der Waals surface area (Å²) in [6.07, 6.45) is 2.97. The van der Waals surface area contributed by atoms with Gasteiger partial charge in [0.15, 0.2) is 11.5 Å². The van der Waals surface area contributed by atoms with E-state index in [1.165, 1.54) is 23.4 Å². The Labute approximate surface area is 168 Å². The van der Waals surface area contributed by atoms with Crippen molar-refractivity contribution in [1.29, 1.82) is 0 Å². The minimum absolute atomic E-state index is 0.0461. The first-order chi connectivity index (χ1) is 13.5. The summed E-state index contributed by atoms with van der Waals surface area (Å²) in [7, 11) is 0. The summed E-state index contributed by atoms with van der Waals surface area (Å²) >= 11 is 3.37. The topological polar surface area (TPSA) is 96.5 Å². The van der Waals surface area contributed by atoms with Crippen LogP contribution in [0.15, 0.2) is 75.1 Å². The third kappa shape index (κ3) is 3.01. The lowest BCUT2D eigenvalue weighted by Gasteiger charge is -2.24. The quantitative estimate of drug-likeness (QED) is 0.618. The minimum Gasteiger partial charge on any atom is -0.503 e. The van der Waals surface area contributed by atoms with Crippen molar-refractivity contribution in [3.05, 3.63) is 87.7 Å². The molecule has 0 saturated heterocycles. The first-order valence-electron chi connectivity index (χ1n) is 8.37. The molecule has 1 atom stereocenters. The molecule has 0 spiro atoms. The molecular weight excluding hydrogens is 426 g/mol. The number of furan rings is 1. The van der Waals surface area contributed by atoms with Gasteiger partial charge in [-0.15, -0.1) is 0 Å². The van der Waals surface area contributed by atoms with Crippen molar-refractivity contribution in [1.82, 2.24) is 9.97 Å². The van der Waals surface area contributed by atoms with Crippen LogP contribution in [0, 0.1) is 6.92 Å². The number of Topliss-reactive ketones (excluding diaryl/α,β-unsaturated/α-hetero) is 1. The number of hydrogen-bond acceptors (Lipinski definition) is 6. The summed E-state index contributed by atoms with van der Waals surface area (Å²) in [5.74, 6) is -1.26. The molecule has 8 heteroatoms. The van der Waals surface area contributed by atoms with Gasteiger partial charge in [-0.3, -0.25) is 14.5 Å². The summed E-state index contributed by atoms with van der Waals surface area (Å²) in [6.45, 7) is 1.71. The summed E-state index contributed by atoms with van der Waals surface area (Å²) in [6, 6.07) is 11.0. The number of rotatable bonds is 4. The van der Waals surface area contributed by atoms with Crippen LogP contribution in [0.3, 0.4) is 0 Å². The summed E-state index contributed by atoms with van der Waals surface area (Å²) in [5.41, 5.74) is 0.550. The van der Waals surface area contributed by atoms with Crippen molar-refractivity contribution in [2.24, 2.45) is 0 Å². The van der Waals surface area contributed by atoms with Gasteiger partial charge in [-0.25, -0.2) is 9.97 Å². The van der Waals surface area contributed by atoms with Crippen LogP contribution in [-0.4, -0.2) is 26.8 Å². The van der Waals surface area contributed by atoms with E-state index in [2.05, 4.69) is 25.9 Å². The second-order valence-electron chi connectivity index (χ2n) is 6.18. The predicted molar refractivity (Wildman–Crippen MR) is 104 cm³/mol. The molecule has 1 aromatic carbocycles. The van der Waals surface area contributed by atoms with Crippen molar-refractivity contribution in [2.75, 3.05) is 4.90 Å². The number of amides is 1. The lowest BCUT2D eigenvalue weighted by atomic mass is 9.95. The van der Waals surface area contributed by atoms with E-state index in [0.29, 0.717) is 11.3 Å². The van der Waals surface area contributed by atoms with Crippen LogP contribution >= 0.6 is 15.9 Å². The zero-order chi connectivity index (χ0) is 19.8. The number of hydrogen-bond donors (Lipinski definition) is 1. The maximum atomic E-state index is 13.1. The van der Waals surface area contributed by atoms with E-state index in [-0.39, 0.29) is 17.3 Å².